The molecule has 6 heteroatoms. The molecule has 1 N–H and O–H groups in total. The van der Waals surface area contributed by atoms with E-state index in [9.17, 15) is 4.79 Å². The van der Waals surface area contributed by atoms with Crippen LogP contribution >= 0.6 is 0 Å². The molecule has 0 bridgehead atoms. The van der Waals surface area contributed by atoms with Crippen molar-refractivity contribution in [3.8, 4) is 0 Å². The number of furan rings is 1. The van der Waals surface area contributed by atoms with Crippen LogP contribution in [0.15, 0.2) is 40.9 Å². The minimum Gasteiger partial charge on any atom is -0.459 e. The van der Waals surface area contributed by atoms with Crippen molar-refractivity contribution in [2.45, 2.75) is 32.4 Å². The summed E-state index contributed by atoms with van der Waals surface area (Å²) >= 11 is 0. The summed E-state index contributed by atoms with van der Waals surface area (Å²) in [7, 11) is 1.88. The Morgan fingerprint density at radius 3 is 2.96 bits per heavy atom. The van der Waals surface area contributed by atoms with E-state index in [0.29, 0.717) is 13.2 Å². The lowest BCUT2D eigenvalue weighted by Crippen LogP contribution is -2.37. The molecule has 3 aromatic rings. The topological polar surface area (TPSA) is 69.3 Å². The monoisotopic (exact) mass is 353 g/mol. The summed E-state index contributed by atoms with van der Waals surface area (Å²) in [5, 5.41) is 8.33. The highest BCUT2D eigenvalue weighted by Gasteiger charge is 2.34. The molecule has 0 unspecified atom stereocenters. The van der Waals surface area contributed by atoms with Crippen LogP contribution in [0.3, 0.4) is 0 Å². The molecule has 1 aliphatic rings. The number of carbonyl (C=O) groups is 1. The lowest BCUT2D eigenvalue weighted by atomic mass is 9.91. The molecule has 0 spiro atoms. The fourth-order valence-corrected chi connectivity index (χ4v) is 3.70. The molecule has 1 saturated heterocycles. The number of para-hydroxylation sites is 1. The first kappa shape index (κ1) is 16.8. The Hall–Kier alpha value is -2.60. The SMILES string of the molecule is Cc1c(CNC(=O)[C@@H]2CCCO[C@H]2c2ccnn2C)oc2ccccc12. The number of hydrogen-bond donors (Lipinski definition) is 1. The van der Waals surface area contributed by atoms with Crippen molar-refractivity contribution >= 4 is 16.9 Å². The van der Waals surface area contributed by atoms with Crippen LogP contribution in [0, 0.1) is 12.8 Å². The van der Waals surface area contributed by atoms with E-state index in [1.54, 1.807) is 10.9 Å². The van der Waals surface area contributed by atoms with Crippen molar-refractivity contribution in [1.29, 1.82) is 0 Å². The number of aryl methyl sites for hydroxylation is 2. The van der Waals surface area contributed by atoms with Crippen LogP contribution in [0.2, 0.25) is 0 Å². The summed E-state index contributed by atoms with van der Waals surface area (Å²) in [6.45, 7) is 3.08. The fraction of sp³-hybridized carbons (Fsp3) is 0.400. The van der Waals surface area contributed by atoms with E-state index in [0.717, 1.165) is 40.8 Å². The third kappa shape index (κ3) is 3.01. The van der Waals surface area contributed by atoms with Gasteiger partial charge in [0.05, 0.1) is 18.2 Å². The maximum atomic E-state index is 12.9. The van der Waals surface area contributed by atoms with E-state index in [1.165, 1.54) is 0 Å². The number of hydrogen-bond acceptors (Lipinski definition) is 4. The van der Waals surface area contributed by atoms with E-state index in [-0.39, 0.29) is 17.9 Å². The van der Waals surface area contributed by atoms with Gasteiger partial charge in [0.25, 0.3) is 0 Å². The molecule has 1 fully saturated rings. The van der Waals surface area contributed by atoms with Gasteiger partial charge in [0, 0.05) is 30.8 Å². The van der Waals surface area contributed by atoms with Gasteiger partial charge in [-0.05, 0) is 31.9 Å². The van der Waals surface area contributed by atoms with Crippen LogP contribution in [0.25, 0.3) is 11.0 Å². The number of nitrogens with one attached hydrogen (secondary N) is 1. The van der Waals surface area contributed by atoms with Crippen molar-refractivity contribution in [3.63, 3.8) is 0 Å². The average Bonchev–Trinajstić information content (AvgIpc) is 3.23. The zero-order valence-electron chi connectivity index (χ0n) is 15.1. The molecule has 2 atom stereocenters. The van der Waals surface area contributed by atoms with Gasteiger partial charge in [0.15, 0.2) is 0 Å². The standard InChI is InChI=1S/C20H23N3O3/c1-13-14-6-3-4-8-17(14)26-18(13)12-21-20(24)15-7-5-11-25-19(15)16-9-10-22-23(16)2/h3-4,6,8-10,15,19H,5,7,11-12H2,1-2H3,(H,21,24)/t15-,19-/m1/s1. The van der Waals surface area contributed by atoms with Gasteiger partial charge in [0.2, 0.25) is 5.91 Å². The Morgan fingerprint density at radius 1 is 1.35 bits per heavy atom. The molecule has 1 aliphatic heterocycles. The van der Waals surface area contributed by atoms with Crippen molar-refractivity contribution in [2.24, 2.45) is 13.0 Å². The van der Waals surface area contributed by atoms with Crippen molar-refractivity contribution in [2.75, 3.05) is 6.61 Å². The number of nitrogens with zero attached hydrogens (tertiary/aromatic N) is 2. The normalized spacial score (nSPS) is 20.4. The third-order valence-electron chi connectivity index (χ3n) is 5.18. The summed E-state index contributed by atoms with van der Waals surface area (Å²) in [6, 6.07) is 9.84. The fourth-order valence-electron chi connectivity index (χ4n) is 3.70. The Kier molecular flexibility index (Phi) is 4.51. The van der Waals surface area contributed by atoms with Gasteiger partial charge in [-0.25, -0.2) is 0 Å². The van der Waals surface area contributed by atoms with Crippen LogP contribution in [0.1, 0.15) is 36.0 Å². The molecule has 136 valence electrons. The summed E-state index contributed by atoms with van der Waals surface area (Å²) in [5.41, 5.74) is 2.86. The highest BCUT2D eigenvalue weighted by atomic mass is 16.5. The first-order chi connectivity index (χ1) is 12.6. The number of ether oxygens (including phenoxy) is 1. The molecular formula is C20H23N3O3. The molecule has 0 aliphatic carbocycles. The lowest BCUT2D eigenvalue weighted by molar-refractivity contribution is -0.135. The van der Waals surface area contributed by atoms with Crippen LogP contribution in [-0.2, 0) is 23.1 Å². The van der Waals surface area contributed by atoms with Crippen molar-refractivity contribution in [3.05, 3.63) is 53.5 Å². The Bertz CT molecular complexity index is 927. The van der Waals surface area contributed by atoms with E-state index in [1.807, 2.05) is 44.3 Å². The molecular weight excluding hydrogens is 330 g/mol. The quantitative estimate of drug-likeness (QED) is 0.782. The molecule has 1 aromatic carbocycles. The smallest absolute Gasteiger partial charge is 0.226 e. The highest BCUT2D eigenvalue weighted by Crippen LogP contribution is 2.33. The number of rotatable bonds is 4. The average molecular weight is 353 g/mol. The second kappa shape index (κ2) is 6.96. The minimum atomic E-state index is -0.256. The zero-order chi connectivity index (χ0) is 18.1. The molecule has 6 nitrogen and oxygen atoms in total. The van der Waals surface area contributed by atoms with E-state index in [4.69, 9.17) is 9.15 Å². The molecule has 3 heterocycles. The first-order valence-electron chi connectivity index (χ1n) is 8.99. The minimum absolute atomic E-state index is 0.00393. The Balaban J connectivity index is 1.49. The van der Waals surface area contributed by atoms with Crippen LogP contribution in [0.5, 0.6) is 0 Å². The third-order valence-corrected chi connectivity index (χ3v) is 5.18. The van der Waals surface area contributed by atoms with Gasteiger partial charge >= 0.3 is 0 Å². The van der Waals surface area contributed by atoms with Crippen molar-refractivity contribution < 1.29 is 13.9 Å². The highest BCUT2D eigenvalue weighted by molar-refractivity contribution is 5.82. The predicted octanol–water partition coefficient (Wildman–Crippen LogP) is 3.26. The first-order valence-corrected chi connectivity index (χ1v) is 8.99. The maximum Gasteiger partial charge on any atom is 0.226 e. The van der Waals surface area contributed by atoms with Gasteiger partial charge in [0.1, 0.15) is 17.4 Å². The summed E-state index contributed by atoms with van der Waals surface area (Å²) < 4.78 is 13.6. The molecule has 0 radical (unpaired) electrons. The van der Waals surface area contributed by atoms with Gasteiger partial charge in [-0.1, -0.05) is 18.2 Å². The largest absolute Gasteiger partial charge is 0.459 e. The van der Waals surface area contributed by atoms with Crippen molar-refractivity contribution in [1.82, 2.24) is 15.1 Å². The number of aromatic nitrogens is 2. The van der Waals surface area contributed by atoms with Gasteiger partial charge in [-0.15, -0.1) is 0 Å². The lowest BCUT2D eigenvalue weighted by Gasteiger charge is -2.30. The van der Waals surface area contributed by atoms with Crippen LogP contribution < -0.4 is 5.32 Å². The Morgan fingerprint density at radius 2 is 2.19 bits per heavy atom. The number of fused-ring (bicyclic) bond motifs is 1. The van der Waals surface area contributed by atoms with E-state index >= 15 is 0 Å². The number of amides is 1. The maximum absolute atomic E-state index is 12.9. The molecule has 0 saturated carbocycles. The van der Waals surface area contributed by atoms with Crippen LogP contribution in [0.4, 0.5) is 0 Å². The van der Waals surface area contributed by atoms with Gasteiger partial charge in [-0.3, -0.25) is 9.48 Å². The summed E-state index contributed by atoms with van der Waals surface area (Å²) in [5.74, 6) is 0.577. The second-order valence-electron chi connectivity index (χ2n) is 6.78. The summed E-state index contributed by atoms with van der Waals surface area (Å²) in [6.07, 6.45) is 3.17. The predicted molar refractivity (Wildman–Crippen MR) is 97.4 cm³/mol. The second-order valence-corrected chi connectivity index (χ2v) is 6.78. The summed E-state index contributed by atoms with van der Waals surface area (Å²) in [4.78, 5) is 12.9. The molecule has 1 amide bonds. The van der Waals surface area contributed by atoms with Gasteiger partial charge in [-0.2, -0.15) is 5.10 Å². The molecule has 26 heavy (non-hydrogen) atoms. The van der Waals surface area contributed by atoms with Crippen LogP contribution in [-0.4, -0.2) is 22.3 Å². The Labute approximate surface area is 152 Å². The zero-order valence-corrected chi connectivity index (χ0v) is 15.1. The molecule has 2 aromatic heterocycles. The van der Waals surface area contributed by atoms with E-state index in [2.05, 4.69) is 10.4 Å². The molecule has 4 rings (SSSR count). The van der Waals surface area contributed by atoms with Gasteiger partial charge < -0.3 is 14.5 Å². The number of carbonyl (C=O) groups excluding carboxylic acids is 1. The van der Waals surface area contributed by atoms with E-state index < -0.39 is 0 Å². The number of benzene rings is 1.